The summed E-state index contributed by atoms with van der Waals surface area (Å²) in [5, 5.41) is 13.1. The smallest absolute Gasteiger partial charge is 0.291 e. The number of nitrogens with zero attached hydrogens (tertiary/aromatic N) is 6. The molecule has 4 N–H and O–H groups in total. The maximum Gasteiger partial charge on any atom is 0.291 e. The summed E-state index contributed by atoms with van der Waals surface area (Å²) in [5.74, 6) is 0. The van der Waals surface area contributed by atoms with E-state index in [1.807, 2.05) is 19.2 Å². The van der Waals surface area contributed by atoms with E-state index in [2.05, 4.69) is 25.0 Å². The number of rotatable bonds is 5. The lowest BCUT2D eigenvalue weighted by atomic mass is 10.3. The van der Waals surface area contributed by atoms with Gasteiger partial charge in [0.05, 0.1) is 35.0 Å². The van der Waals surface area contributed by atoms with Gasteiger partial charge in [-0.15, -0.1) is 11.3 Å². The second kappa shape index (κ2) is 6.88. The van der Waals surface area contributed by atoms with Gasteiger partial charge in [0.2, 0.25) is 0 Å². The van der Waals surface area contributed by atoms with E-state index in [1.165, 1.54) is 16.0 Å². The first-order valence-electron chi connectivity index (χ1n) is 9.13. The van der Waals surface area contributed by atoms with Gasteiger partial charge in [-0.05, 0) is 18.2 Å². The van der Waals surface area contributed by atoms with Gasteiger partial charge < -0.3 is 20.7 Å². The Balaban J connectivity index is 1.56. The third kappa shape index (κ3) is 2.87. The lowest BCUT2D eigenvalue weighted by molar-refractivity contribution is 0.634. The monoisotopic (exact) mass is 419 g/mol. The Morgan fingerprint density at radius 3 is 3.07 bits per heavy atom. The van der Waals surface area contributed by atoms with Crippen molar-refractivity contribution in [3.05, 3.63) is 57.5 Å². The van der Waals surface area contributed by atoms with Crippen LogP contribution in [0.25, 0.3) is 32.4 Å². The van der Waals surface area contributed by atoms with E-state index in [4.69, 9.17) is 11.1 Å². The van der Waals surface area contributed by atoms with E-state index in [0.29, 0.717) is 29.0 Å². The van der Waals surface area contributed by atoms with E-state index < -0.39 is 0 Å². The lowest BCUT2D eigenvalue weighted by Gasteiger charge is -2.05. The minimum Gasteiger partial charge on any atom is -0.402 e. The summed E-state index contributed by atoms with van der Waals surface area (Å²) in [4.78, 5) is 29.4. The van der Waals surface area contributed by atoms with E-state index in [-0.39, 0.29) is 12.1 Å². The van der Waals surface area contributed by atoms with Gasteiger partial charge in [-0.3, -0.25) is 4.79 Å². The number of hydrogen-bond donors (Lipinski definition) is 3. The molecule has 0 radical (unpaired) electrons. The molecule has 10 nitrogen and oxygen atoms in total. The summed E-state index contributed by atoms with van der Waals surface area (Å²) < 4.78 is 4.10. The van der Waals surface area contributed by atoms with Crippen LogP contribution in [0.5, 0.6) is 0 Å². The van der Waals surface area contributed by atoms with Crippen molar-refractivity contribution < 1.29 is 0 Å². The molecule has 5 heterocycles. The highest BCUT2D eigenvalue weighted by atomic mass is 32.1. The molecule has 0 saturated carbocycles. The SMILES string of the molecule is Cn1c2nc(CC(N)=CC=N)sc2c2cnn(Cc3ccc4[nH]cnc4n3)c(=O)c21. The van der Waals surface area contributed by atoms with E-state index >= 15 is 0 Å². The molecule has 5 aromatic rings. The molecule has 0 fully saturated rings. The van der Waals surface area contributed by atoms with Crippen LogP contribution in [0.2, 0.25) is 0 Å². The minimum atomic E-state index is -0.200. The quantitative estimate of drug-likeness (QED) is 0.370. The standard InChI is InChI=1S/C19H17N9OS/c1-27-15-12(16-18(27)26-14(30-16)6-10(21)4-5-20)7-24-28(19(15)29)8-11-2-3-13-17(25-11)23-9-22-13/h2-5,7,9,20H,6,8,21H2,1H3,(H,22,23,25). The fraction of sp³-hybridized carbons (Fsp3) is 0.158. The molecule has 0 atom stereocenters. The Kier molecular flexibility index (Phi) is 4.17. The molecular weight excluding hydrogens is 402 g/mol. The van der Waals surface area contributed by atoms with Gasteiger partial charge >= 0.3 is 0 Å². The van der Waals surface area contributed by atoms with Crippen LogP contribution in [0.15, 0.2) is 41.2 Å². The van der Waals surface area contributed by atoms with Crippen molar-refractivity contribution in [2.45, 2.75) is 13.0 Å². The van der Waals surface area contributed by atoms with Gasteiger partial charge in [-0.1, -0.05) is 0 Å². The minimum absolute atomic E-state index is 0.200. The van der Waals surface area contributed by atoms with Gasteiger partial charge in [0.25, 0.3) is 5.56 Å². The van der Waals surface area contributed by atoms with Crippen LogP contribution in [0.3, 0.4) is 0 Å². The number of fused-ring (bicyclic) bond motifs is 4. The third-order valence-corrected chi connectivity index (χ3v) is 5.95. The van der Waals surface area contributed by atoms with Crippen molar-refractivity contribution in [3.8, 4) is 0 Å². The maximum absolute atomic E-state index is 13.1. The molecule has 0 saturated heterocycles. The van der Waals surface area contributed by atoms with Crippen LogP contribution in [0, 0.1) is 5.41 Å². The molecule has 30 heavy (non-hydrogen) atoms. The number of aromatic amines is 1. The Morgan fingerprint density at radius 1 is 1.37 bits per heavy atom. The fourth-order valence-corrected chi connectivity index (χ4v) is 4.60. The zero-order valence-corrected chi connectivity index (χ0v) is 16.8. The molecular formula is C19H17N9OS. The number of imidazole rings is 1. The van der Waals surface area contributed by atoms with E-state index in [1.54, 1.807) is 23.2 Å². The number of H-pyrrole nitrogens is 1. The van der Waals surface area contributed by atoms with Crippen LogP contribution in [-0.2, 0) is 20.0 Å². The van der Waals surface area contributed by atoms with E-state index in [0.717, 1.165) is 32.5 Å². The molecule has 5 rings (SSSR count). The molecule has 0 unspecified atom stereocenters. The Bertz CT molecular complexity index is 1520. The van der Waals surface area contributed by atoms with Gasteiger partial charge in [0.1, 0.15) is 10.5 Å². The summed E-state index contributed by atoms with van der Waals surface area (Å²) >= 11 is 1.48. The summed E-state index contributed by atoms with van der Waals surface area (Å²) in [6.07, 6.45) is 6.44. The predicted molar refractivity (Wildman–Crippen MR) is 116 cm³/mol. The topological polar surface area (TPSA) is 144 Å². The molecule has 5 aromatic heterocycles. The predicted octanol–water partition coefficient (Wildman–Crippen LogP) is 1.70. The van der Waals surface area contributed by atoms with Crippen molar-refractivity contribution in [2.24, 2.45) is 12.8 Å². The third-order valence-electron chi connectivity index (χ3n) is 4.87. The Hall–Kier alpha value is -3.86. The van der Waals surface area contributed by atoms with Gasteiger partial charge in [-0.25, -0.2) is 19.6 Å². The molecule has 0 aromatic carbocycles. The van der Waals surface area contributed by atoms with Crippen molar-refractivity contribution in [1.82, 2.24) is 34.3 Å². The number of nitrogens with one attached hydrogen (secondary N) is 2. The Morgan fingerprint density at radius 2 is 2.23 bits per heavy atom. The summed E-state index contributed by atoms with van der Waals surface area (Å²) in [6.45, 7) is 0.250. The number of hydrogen-bond acceptors (Lipinski definition) is 8. The second-order valence-electron chi connectivity index (χ2n) is 6.85. The molecule has 11 heteroatoms. The fourth-order valence-electron chi connectivity index (χ4n) is 3.46. The van der Waals surface area contributed by atoms with Crippen molar-refractivity contribution >= 4 is 50.0 Å². The summed E-state index contributed by atoms with van der Waals surface area (Å²) in [6, 6.07) is 3.74. The average molecular weight is 419 g/mol. The maximum atomic E-state index is 13.1. The molecule has 0 bridgehead atoms. The molecule has 0 aliphatic rings. The first-order chi connectivity index (χ1) is 14.5. The number of thiazole rings is 1. The van der Waals surface area contributed by atoms with Gasteiger partial charge in [0.15, 0.2) is 11.3 Å². The zero-order valence-electron chi connectivity index (χ0n) is 16.0. The molecule has 0 aliphatic heterocycles. The first kappa shape index (κ1) is 18.2. The van der Waals surface area contributed by atoms with Crippen LogP contribution < -0.4 is 11.3 Å². The number of aromatic nitrogens is 7. The second-order valence-corrected chi connectivity index (χ2v) is 7.93. The van der Waals surface area contributed by atoms with Crippen LogP contribution in [0.4, 0.5) is 0 Å². The van der Waals surface area contributed by atoms with Gasteiger partial charge in [0, 0.05) is 30.8 Å². The van der Waals surface area contributed by atoms with Crippen LogP contribution in [-0.4, -0.2) is 40.5 Å². The number of aryl methyl sites for hydroxylation is 1. The highest BCUT2D eigenvalue weighted by Crippen LogP contribution is 2.31. The molecule has 0 spiro atoms. The lowest BCUT2D eigenvalue weighted by Crippen LogP contribution is -2.25. The number of allylic oxidation sites excluding steroid dienone is 2. The number of nitrogens with two attached hydrogens (primary N) is 1. The molecule has 0 amide bonds. The summed E-state index contributed by atoms with van der Waals surface area (Å²) in [7, 11) is 1.82. The average Bonchev–Trinajstić information content (AvgIpc) is 3.40. The highest BCUT2D eigenvalue weighted by Gasteiger charge is 2.18. The highest BCUT2D eigenvalue weighted by molar-refractivity contribution is 7.19. The van der Waals surface area contributed by atoms with Crippen molar-refractivity contribution in [3.63, 3.8) is 0 Å². The van der Waals surface area contributed by atoms with Crippen LogP contribution >= 0.6 is 11.3 Å². The van der Waals surface area contributed by atoms with Gasteiger partial charge in [-0.2, -0.15) is 5.10 Å². The largest absolute Gasteiger partial charge is 0.402 e. The van der Waals surface area contributed by atoms with Crippen molar-refractivity contribution in [1.29, 1.82) is 5.41 Å². The number of pyridine rings is 1. The summed E-state index contributed by atoms with van der Waals surface area (Å²) in [5.41, 5.74) is 9.68. The first-order valence-corrected chi connectivity index (χ1v) is 9.95. The zero-order chi connectivity index (χ0) is 20.8. The molecule has 150 valence electrons. The van der Waals surface area contributed by atoms with E-state index in [9.17, 15) is 4.79 Å². The molecule has 0 aliphatic carbocycles. The normalized spacial score (nSPS) is 12.4. The van der Waals surface area contributed by atoms with Crippen LogP contribution in [0.1, 0.15) is 10.7 Å². The van der Waals surface area contributed by atoms with Crippen molar-refractivity contribution in [2.75, 3.05) is 0 Å². The Labute approximate surface area is 173 Å².